The standard InChI is InChI=1S/C20H21Cl2NO2/c1-12-14-5-3-6-15(13(2)24)16(14)9-10-23(12)20(25)11-17-18(21)7-4-8-19(17)22/h3-8,12-13,24H,9-11H2,1-2H3/t12-,13?/m0/s1. The Kier molecular flexibility index (Phi) is 5.38. The van der Waals surface area contributed by atoms with Gasteiger partial charge in [0.25, 0.3) is 0 Å². The summed E-state index contributed by atoms with van der Waals surface area (Å²) in [5.41, 5.74) is 3.88. The van der Waals surface area contributed by atoms with Gasteiger partial charge >= 0.3 is 0 Å². The van der Waals surface area contributed by atoms with Crippen molar-refractivity contribution in [3.8, 4) is 0 Å². The summed E-state index contributed by atoms with van der Waals surface area (Å²) in [7, 11) is 0. The first-order valence-electron chi connectivity index (χ1n) is 8.42. The van der Waals surface area contributed by atoms with Gasteiger partial charge < -0.3 is 10.0 Å². The number of rotatable bonds is 3. The number of aliphatic hydroxyl groups excluding tert-OH is 1. The van der Waals surface area contributed by atoms with E-state index in [1.54, 1.807) is 25.1 Å². The minimum Gasteiger partial charge on any atom is -0.389 e. The highest BCUT2D eigenvalue weighted by molar-refractivity contribution is 6.36. The average molecular weight is 378 g/mol. The number of amides is 1. The molecule has 0 saturated heterocycles. The molecule has 0 spiro atoms. The lowest BCUT2D eigenvalue weighted by atomic mass is 9.88. The van der Waals surface area contributed by atoms with Gasteiger partial charge in [-0.05, 0) is 54.7 Å². The Labute approximate surface area is 158 Å². The molecule has 0 radical (unpaired) electrons. The second-order valence-electron chi connectivity index (χ2n) is 6.48. The molecule has 0 fully saturated rings. The highest BCUT2D eigenvalue weighted by atomic mass is 35.5. The molecular weight excluding hydrogens is 357 g/mol. The molecule has 5 heteroatoms. The van der Waals surface area contributed by atoms with Crippen LogP contribution in [-0.4, -0.2) is 22.5 Å². The molecule has 25 heavy (non-hydrogen) atoms. The van der Waals surface area contributed by atoms with Crippen LogP contribution in [0.3, 0.4) is 0 Å². The summed E-state index contributed by atoms with van der Waals surface area (Å²) in [5, 5.41) is 11.0. The van der Waals surface area contributed by atoms with Gasteiger partial charge in [0, 0.05) is 16.6 Å². The summed E-state index contributed by atoms with van der Waals surface area (Å²) in [6.45, 7) is 4.42. The smallest absolute Gasteiger partial charge is 0.227 e. The van der Waals surface area contributed by atoms with Crippen molar-refractivity contribution in [3.63, 3.8) is 0 Å². The Balaban J connectivity index is 1.86. The van der Waals surface area contributed by atoms with Gasteiger partial charge in [0.2, 0.25) is 5.91 Å². The number of halogens is 2. The minimum atomic E-state index is -0.508. The van der Waals surface area contributed by atoms with E-state index in [1.807, 2.05) is 30.0 Å². The number of carbonyl (C=O) groups excluding carboxylic acids is 1. The molecule has 3 nitrogen and oxygen atoms in total. The van der Waals surface area contributed by atoms with Crippen molar-refractivity contribution < 1.29 is 9.90 Å². The van der Waals surface area contributed by atoms with Gasteiger partial charge in [0.1, 0.15) is 0 Å². The molecule has 0 bridgehead atoms. The predicted molar refractivity (Wildman–Crippen MR) is 101 cm³/mol. The molecule has 0 aromatic heterocycles. The lowest BCUT2D eigenvalue weighted by Crippen LogP contribution is -2.40. The van der Waals surface area contributed by atoms with Crippen molar-refractivity contribution in [1.82, 2.24) is 4.90 Å². The van der Waals surface area contributed by atoms with Crippen molar-refractivity contribution in [2.24, 2.45) is 0 Å². The van der Waals surface area contributed by atoms with Gasteiger partial charge in [-0.2, -0.15) is 0 Å². The van der Waals surface area contributed by atoms with E-state index in [0.29, 0.717) is 22.2 Å². The number of aliphatic hydroxyl groups is 1. The fourth-order valence-electron chi connectivity index (χ4n) is 3.58. The summed E-state index contributed by atoms with van der Waals surface area (Å²) >= 11 is 12.4. The summed E-state index contributed by atoms with van der Waals surface area (Å²) < 4.78 is 0. The fourth-order valence-corrected chi connectivity index (χ4v) is 4.11. The highest BCUT2D eigenvalue weighted by Gasteiger charge is 2.29. The molecular formula is C20H21Cl2NO2. The first-order chi connectivity index (χ1) is 11.9. The number of hydrogen-bond acceptors (Lipinski definition) is 2. The van der Waals surface area contributed by atoms with Crippen LogP contribution in [0.25, 0.3) is 0 Å². The molecule has 2 atom stereocenters. The van der Waals surface area contributed by atoms with Crippen molar-refractivity contribution in [3.05, 3.63) is 68.7 Å². The van der Waals surface area contributed by atoms with E-state index in [4.69, 9.17) is 23.2 Å². The van der Waals surface area contributed by atoms with Crippen LogP contribution in [0.2, 0.25) is 10.0 Å². The third-order valence-electron chi connectivity index (χ3n) is 4.93. The second-order valence-corrected chi connectivity index (χ2v) is 7.30. The van der Waals surface area contributed by atoms with Crippen LogP contribution in [0.15, 0.2) is 36.4 Å². The van der Waals surface area contributed by atoms with Crippen molar-refractivity contribution in [2.75, 3.05) is 6.54 Å². The maximum absolute atomic E-state index is 12.9. The average Bonchev–Trinajstić information content (AvgIpc) is 2.58. The molecule has 2 aromatic carbocycles. The van der Waals surface area contributed by atoms with Crippen LogP contribution in [0.4, 0.5) is 0 Å². The molecule has 3 rings (SSSR count). The zero-order valence-corrected chi connectivity index (χ0v) is 15.8. The molecule has 1 unspecified atom stereocenters. The second kappa shape index (κ2) is 7.36. The van der Waals surface area contributed by atoms with Gasteiger partial charge in [0.05, 0.1) is 18.6 Å². The molecule has 1 aliphatic heterocycles. The lowest BCUT2D eigenvalue weighted by Gasteiger charge is -2.36. The largest absolute Gasteiger partial charge is 0.389 e. The van der Waals surface area contributed by atoms with E-state index in [-0.39, 0.29) is 18.4 Å². The number of nitrogens with zero attached hydrogens (tertiary/aromatic N) is 1. The normalized spacial score (nSPS) is 18.0. The Morgan fingerprint density at radius 3 is 2.52 bits per heavy atom. The van der Waals surface area contributed by atoms with E-state index in [9.17, 15) is 9.90 Å². The van der Waals surface area contributed by atoms with E-state index in [0.717, 1.165) is 23.1 Å². The van der Waals surface area contributed by atoms with Gasteiger partial charge in [-0.15, -0.1) is 0 Å². The first kappa shape index (κ1) is 18.2. The van der Waals surface area contributed by atoms with Gasteiger partial charge in [-0.3, -0.25) is 4.79 Å². The van der Waals surface area contributed by atoms with Crippen molar-refractivity contribution >= 4 is 29.1 Å². The zero-order valence-electron chi connectivity index (χ0n) is 14.3. The van der Waals surface area contributed by atoms with Gasteiger partial charge in [0.15, 0.2) is 0 Å². The van der Waals surface area contributed by atoms with Crippen molar-refractivity contribution in [2.45, 2.75) is 38.8 Å². The Hall–Kier alpha value is -1.55. The van der Waals surface area contributed by atoms with Gasteiger partial charge in [-0.25, -0.2) is 0 Å². The molecule has 1 heterocycles. The van der Waals surface area contributed by atoms with Crippen LogP contribution in [-0.2, 0) is 17.6 Å². The monoisotopic (exact) mass is 377 g/mol. The number of fused-ring (bicyclic) bond motifs is 1. The quantitative estimate of drug-likeness (QED) is 0.839. The fraction of sp³-hybridized carbons (Fsp3) is 0.350. The van der Waals surface area contributed by atoms with Crippen LogP contribution in [0.5, 0.6) is 0 Å². The predicted octanol–water partition coefficient (Wildman–Crippen LogP) is 4.74. The Morgan fingerprint density at radius 1 is 1.24 bits per heavy atom. The SMILES string of the molecule is CC(O)c1cccc2c1CCN(C(=O)Cc1c(Cl)cccc1Cl)[C@H]2C. The van der Waals surface area contributed by atoms with Crippen molar-refractivity contribution in [1.29, 1.82) is 0 Å². The number of hydrogen-bond donors (Lipinski definition) is 1. The summed E-state index contributed by atoms with van der Waals surface area (Å²) in [6.07, 6.45) is 0.420. The third-order valence-corrected chi connectivity index (χ3v) is 5.64. The van der Waals surface area contributed by atoms with Crippen LogP contribution >= 0.6 is 23.2 Å². The molecule has 1 amide bonds. The maximum atomic E-state index is 12.9. The molecule has 1 N–H and O–H groups in total. The van der Waals surface area contributed by atoms with E-state index < -0.39 is 6.10 Å². The maximum Gasteiger partial charge on any atom is 0.227 e. The van der Waals surface area contributed by atoms with E-state index in [1.165, 1.54) is 0 Å². The van der Waals surface area contributed by atoms with Crippen LogP contribution in [0.1, 0.15) is 48.2 Å². The minimum absolute atomic E-state index is 0.00981. The van der Waals surface area contributed by atoms with Crippen LogP contribution in [0, 0.1) is 0 Å². The molecule has 132 valence electrons. The lowest BCUT2D eigenvalue weighted by molar-refractivity contribution is -0.133. The third kappa shape index (κ3) is 3.55. The number of carbonyl (C=O) groups is 1. The molecule has 0 aliphatic carbocycles. The van der Waals surface area contributed by atoms with E-state index >= 15 is 0 Å². The highest BCUT2D eigenvalue weighted by Crippen LogP contribution is 2.34. The summed E-state index contributed by atoms with van der Waals surface area (Å²) in [4.78, 5) is 14.7. The summed E-state index contributed by atoms with van der Waals surface area (Å²) in [5.74, 6) is 0.00981. The molecule has 1 aliphatic rings. The number of benzene rings is 2. The van der Waals surface area contributed by atoms with Crippen LogP contribution < -0.4 is 0 Å². The Morgan fingerprint density at radius 2 is 1.88 bits per heavy atom. The summed E-state index contributed by atoms with van der Waals surface area (Å²) in [6, 6.07) is 11.2. The Bertz CT molecular complexity index is 784. The zero-order chi connectivity index (χ0) is 18.1. The van der Waals surface area contributed by atoms with Gasteiger partial charge in [-0.1, -0.05) is 47.5 Å². The topological polar surface area (TPSA) is 40.5 Å². The first-order valence-corrected chi connectivity index (χ1v) is 9.17. The molecule has 0 saturated carbocycles. The van der Waals surface area contributed by atoms with E-state index in [2.05, 4.69) is 0 Å². The molecule has 2 aromatic rings.